The molecule has 0 spiro atoms. The minimum absolute atomic E-state index is 0.889. The summed E-state index contributed by atoms with van der Waals surface area (Å²) in [7, 11) is 0. The van der Waals surface area contributed by atoms with Crippen LogP contribution in [0.15, 0.2) is 203 Å². The van der Waals surface area contributed by atoms with Gasteiger partial charge in [-0.2, -0.15) is 0 Å². The lowest BCUT2D eigenvalue weighted by molar-refractivity contribution is 0.671. The van der Waals surface area contributed by atoms with E-state index in [-0.39, 0.29) is 0 Å². The number of hydrogen-bond acceptors (Lipinski definition) is 3. The van der Waals surface area contributed by atoms with Crippen LogP contribution in [0.2, 0.25) is 0 Å². The van der Waals surface area contributed by atoms with Crippen molar-refractivity contribution in [2.45, 2.75) is 0 Å². The van der Waals surface area contributed by atoms with Gasteiger partial charge in [0, 0.05) is 69.5 Å². The summed E-state index contributed by atoms with van der Waals surface area (Å²) < 4.78 is 16.5. The molecular weight excluding hydrogens is 713 g/mol. The van der Waals surface area contributed by atoms with E-state index in [0.717, 1.165) is 88.4 Å². The van der Waals surface area contributed by atoms with Gasteiger partial charge in [0.2, 0.25) is 0 Å². The quantitative estimate of drug-likeness (QED) is 0.175. The van der Waals surface area contributed by atoms with Gasteiger partial charge in [-0.1, -0.05) is 182 Å². The summed E-state index contributed by atoms with van der Waals surface area (Å²) in [6.07, 6.45) is 0. The smallest absolute Gasteiger partial charge is 0.143 e. The SMILES string of the molecule is c1ccc(-c2cccc3c2oc2c(-c4cc(-c5cccc6c5oc5c(-c7ccccc7)cccc56)c5sc6c(-c7ccccc7)cccc6c5c4)cccc23)cc1. The summed E-state index contributed by atoms with van der Waals surface area (Å²) in [5.74, 6) is 0. The van der Waals surface area contributed by atoms with E-state index in [1.165, 1.54) is 31.3 Å². The van der Waals surface area contributed by atoms with Crippen LogP contribution < -0.4 is 0 Å². The van der Waals surface area contributed by atoms with Crippen LogP contribution in [0.4, 0.5) is 0 Å². The highest BCUT2D eigenvalue weighted by atomic mass is 32.1. The van der Waals surface area contributed by atoms with Gasteiger partial charge in [0.25, 0.3) is 0 Å². The van der Waals surface area contributed by atoms with E-state index in [1.807, 2.05) is 11.3 Å². The summed E-state index contributed by atoms with van der Waals surface area (Å²) in [6.45, 7) is 0. The fourth-order valence-corrected chi connectivity index (χ4v) is 10.2. The maximum absolute atomic E-state index is 7.04. The molecule has 0 radical (unpaired) electrons. The van der Waals surface area contributed by atoms with E-state index >= 15 is 0 Å². The van der Waals surface area contributed by atoms with Crippen molar-refractivity contribution in [3.8, 4) is 55.6 Å². The van der Waals surface area contributed by atoms with Crippen molar-refractivity contribution in [2.24, 2.45) is 0 Å². The summed E-state index contributed by atoms with van der Waals surface area (Å²) in [4.78, 5) is 0. The van der Waals surface area contributed by atoms with E-state index in [0.29, 0.717) is 0 Å². The molecule has 9 aromatic carbocycles. The highest BCUT2D eigenvalue weighted by molar-refractivity contribution is 7.27. The number of benzene rings is 9. The molecule has 266 valence electrons. The zero-order chi connectivity index (χ0) is 37.5. The van der Waals surface area contributed by atoms with Gasteiger partial charge in [-0.15, -0.1) is 11.3 Å². The first-order chi connectivity index (χ1) is 28.3. The molecule has 2 nitrogen and oxygen atoms in total. The molecule has 0 unspecified atom stereocenters. The Balaban J connectivity index is 1.16. The van der Waals surface area contributed by atoms with Crippen LogP contribution in [0.5, 0.6) is 0 Å². The largest absolute Gasteiger partial charge is 0.455 e. The molecule has 3 aromatic heterocycles. The first-order valence-corrected chi connectivity index (χ1v) is 20.1. The van der Waals surface area contributed by atoms with Crippen LogP contribution in [0.1, 0.15) is 0 Å². The zero-order valence-corrected chi connectivity index (χ0v) is 31.5. The molecule has 57 heavy (non-hydrogen) atoms. The number of furan rings is 2. The van der Waals surface area contributed by atoms with Gasteiger partial charge in [-0.3, -0.25) is 0 Å². The molecule has 0 aliphatic rings. The Hall–Kier alpha value is -7.20. The van der Waals surface area contributed by atoms with E-state index in [2.05, 4.69) is 194 Å². The van der Waals surface area contributed by atoms with Crippen molar-refractivity contribution in [2.75, 3.05) is 0 Å². The molecule has 0 amide bonds. The highest BCUT2D eigenvalue weighted by Crippen LogP contribution is 2.49. The first kappa shape index (κ1) is 32.1. The van der Waals surface area contributed by atoms with Crippen molar-refractivity contribution in [3.63, 3.8) is 0 Å². The minimum atomic E-state index is 0.889. The number of para-hydroxylation sites is 4. The van der Waals surface area contributed by atoms with Gasteiger partial charge in [0.15, 0.2) is 0 Å². The van der Waals surface area contributed by atoms with Crippen molar-refractivity contribution in [3.05, 3.63) is 194 Å². The normalized spacial score (nSPS) is 11.9. The third-order valence-electron chi connectivity index (χ3n) is 11.5. The van der Waals surface area contributed by atoms with Crippen LogP contribution in [-0.4, -0.2) is 0 Å². The van der Waals surface area contributed by atoms with Gasteiger partial charge >= 0.3 is 0 Å². The van der Waals surface area contributed by atoms with Gasteiger partial charge in [-0.05, 0) is 39.9 Å². The van der Waals surface area contributed by atoms with Gasteiger partial charge in [-0.25, -0.2) is 0 Å². The van der Waals surface area contributed by atoms with Crippen LogP contribution in [0, 0.1) is 0 Å². The standard InChI is InChI=1S/C54H32O2S/c1-4-15-33(16-5-1)37-21-10-25-41-42-27-12-23-39(51(42)55-49(37)41)36-31-47(54-48(32-36)46-30-13-24-40(53(46)57-54)35-19-8-3-9-20-35)45-29-14-28-44-43-26-11-22-38(50(43)56-52(44)45)34-17-6-2-7-18-34/h1-32H. The van der Waals surface area contributed by atoms with Gasteiger partial charge in [0.1, 0.15) is 22.3 Å². The van der Waals surface area contributed by atoms with Crippen LogP contribution in [0.3, 0.4) is 0 Å². The molecule has 3 heteroatoms. The molecule has 0 aliphatic carbocycles. The average Bonchev–Trinajstić information content (AvgIpc) is 3.99. The summed E-state index contributed by atoms with van der Waals surface area (Å²) in [5.41, 5.74) is 14.9. The van der Waals surface area contributed by atoms with E-state index in [9.17, 15) is 0 Å². The monoisotopic (exact) mass is 744 g/mol. The number of rotatable bonds is 5. The van der Waals surface area contributed by atoms with Crippen molar-refractivity contribution in [1.29, 1.82) is 0 Å². The Morgan fingerprint density at radius 1 is 0.246 bits per heavy atom. The van der Waals surface area contributed by atoms with Crippen molar-refractivity contribution in [1.82, 2.24) is 0 Å². The zero-order valence-electron chi connectivity index (χ0n) is 30.7. The summed E-state index contributed by atoms with van der Waals surface area (Å²) >= 11 is 1.87. The lowest BCUT2D eigenvalue weighted by Gasteiger charge is -2.10. The van der Waals surface area contributed by atoms with Crippen LogP contribution in [-0.2, 0) is 0 Å². The molecule has 0 atom stereocenters. The maximum atomic E-state index is 7.04. The molecule has 0 aliphatic heterocycles. The topological polar surface area (TPSA) is 26.3 Å². The Bertz CT molecular complexity index is 3500. The van der Waals surface area contributed by atoms with E-state index in [4.69, 9.17) is 8.83 Å². The molecule has 0 saturated heterocycles. The number of fused-ring (bicyclic) bond motifs is 9. The molecule has 12 rings (SSSR count). The Morgan fingerprint density at radius 2 is 0.614 bits per heavy atom. The van der Waals surface area contributed by atoms with Crippen LogP contribution in [0.25, 0.3) is 120 Å². The second-order valence-corrected chi connectivity index (χ2v) is 15.7. The maximum Gasteiger partial charge on any atom is 0.143 e. The van der Waals surface area contributed by atoms with Crippen molar-refractivity contribution >= 4 is 75.4 Å². The lowest BCUT2D eigenvalue weighted by Crippen LogP contribution is -1.85. The third kappa shape index (κ3) is 4.96. The van der Waals surface area contributed by atoms with Gasteiger partial charge in [0.05, 0.1) is 0 Å². The molecule has 12 aromatic rings. The molecule has 0 N–H and O–H groups in total. The van der Waals surface area contributed by atoms with E-state index in [1.54, 1.807) is 0 Å². The first-order valence-electron chi connectivity index (χ1n) is 19.3. The fraction of sp³-hybridized carbons (Fsp3) is 0. The highest BCUT2D eigenvalue weighted by Gasteiger charge is 2.22. The predicted octanol–water partition coefficient (Wildman–Crippen LogP) is 16.2. The second kappa shape index (κ2) is 12.7. The van der Waals surface area contributed by atoms with Gasteiger partial charge < -0.3 is 8.83 Å². The fourth-order valence-electron chi connectivity index (χ4n) is 8.87. The van der Waals surface area contributed by atoms with Crippen molar-refractivity contribution < 1.29 is 8.83 Å². The van der Waals surface area contributed by atoms with E-state index < -0.39 is 0 Å². The molecule has 0 bridgehead atoms. The second-order valence-electron chi connectivity index (χ2n) is 14.7. The number of thiophene rings is 1. The lowest BCUT2D eigenvalue weighted by atomic mass is 9.93. The molecule has 0 fully saturated rings. The molecular formula is C54H32O2S. The third-order valence-corrected chi connectivity index (χ3v) is 12.8. The van der Waals surface area contributed by atoms with Crippen LogP contribution >= 0.6 is 11.3 Å². The molecule has 0 saturated carbocycles. The Kier molecular flexibility index (Phi) is 7.13. The predicted molar refractivity (Wildman–Crippen MR) is 241 cm³/mol. The summed E-state index contributed by atoms with van der Waals surface area (Å²) in [6, 6.07) is 69.3. The number of hydrogen-bond donors (Lipinski definition) is 0. The summed E-state index contributed by atoms with van der Waals surface area (Å²) in [5, 5.41) is 6.91. The average molecular weight is 745 g/mol. The Labute approximate surface area is 332 Å². The Morgan fingerprint density at radius 3 is 1.11 bits per heavy atom. The molecule has 3 heterocycles. The minimum Gasteiger partial charge on any atom is -0.455 e.